The van der Waals surface area contributed by atoms with Crippen molar-refractivity contribution in [2.24, 2.45) is 0 Å². The SMILES string of the molecule is CNC(=O)NCC(=O)N[C@@H]1CCN(c2ccc(Cl)cc2Cl)C1. The minimum absolute atomic E-state index is 0.0331. The summed E-state index contributed by atoms with van der Waals surface area (Å²) in [7, 11) is 1.50. The Bertz CT molecular complexity index is 568. The lowest BCUT2D eigenvalue weighted by molar-refractivity contribution is -0.120. The van der Waals surface area contributed by atoms with Crippen molar-refractivity contribution >= 4 is 40.8 Å². The van der Waals surface area contributed by atoms with Crippen molar-refractivity contribution in [1.82, 2.24) is 16.0 Å². The second-order valence-corrected chi connectivity index (χ2v) is 5.87. The molecule has 1 aliphatic heterocycles. The molecule has 1 atom stereocenters. The van der Waals surface area contributed by atoms with Gasteiger partial charge >= 0.3 is 6.03 Å². The van der Waals surface area contributed by atoms with E-state index in [1.54, 1.807) is 12.1 Å². The molecule has 1 aromatic carbocycles. The van der Waals surface area contributed by atoms with Crippen molar-refractivity contribution < 1.29 is 9.59 Å². The number of benzene rings is 1. The van der Waals surface area contributed by atoms with Gasteiger partial charge in [-0.1, -0.05) is 23.2 Å². The summed E-state index contributed by atoms with van der Waals surface area (Å²) >= 11 is 12.1. The lowest BCUT2D eigenvalue weighted by Crippen LogP contribution is -2.44. The van der Waals surface area contributed by atoms with Gasteiger partial charge in [0, 0.05) is 31.2 Å². The van der Waals surface area contributed by atoms with E-state index in [0.717, 1.165) is 18.7 Å². The average Bonchev–Trinajstić information content (AvgIpc) is 2.92. The summed E-state index contributed by atoms with van der Waals surface area (Å²) in [5.74, 6) is -0.211. The van der Waals surface area contributed by atoms with E-state index in [0.29, 0.717) is 16.6 Å². The first kappa shape index (κ1) is 16.7. The Morgan fingerprint density at radius 1 is 1.36 bits per heavy atom. The third-order valence-corrected chi connectivity index (χ3v) is 3.98. The third kappa shape index (κ3) is 4.42. The molecule has 8 heteroatoms. The number of nitrogens with one attached hydrogen (secondary N) is 3. The van der Waals surface area contributed by atoms with Gasteiger partial charge in [-0.25, -0.2) is 4.79 Å². The second-order valence-electron chi connectivity index (χ2n) is 5.03. The van der Waals surface area contributed by atoms with Crippen molar-refractivity contribution in [2.75, 3.05) is 31.6 Å². The van der Waals surface area contributed by atoms with Crippen molar-refractivity contribution in [2.45, 2.75) is 12.5 Å². The smallest absolute Gasteiger partial charge is 0.314 e. The van der Waals surface area contributed by atoms with E-state index in [1.165, 1.54) is 7.05 Å². The maximum Gasteiger partial charge on any atom is 0.314 e. The molecule has 120 valence electrons. The molecule has 6 nitrogen and oxygen atoms in total. The molecule has 0 aromatic heterocycles. The van der Waals surface area contributed by atoms with Gasteiger partial charge in [0.2, 0.25) is 5.91 Å². The molecule has 22 heavy (non-hydrogen) atoms. The Kier molecular flexibility index (Phi) is 5.74. The van der Waals surface area contributed by atoms with Gasteiger partial charge < -0.3 is 20.9 Å². The van der Waals surface area contributed by atoms with E-state index in [4.69, 9.17) is 23.2 Å². The number of anilines is 1. The lowest BCUT2D eigenvalue weighted by atomic mass is 10.2. The standard InChI is InChI=1S/C14H18Cl2N4O2/c1-17-14(22)18-7-13(21)19-10-4-5-20(8-10)12-3-2-9(15)6-11(12)16/h2-3,6,10H,4-5,7-8H2,1H3,(H,19,21)(H2,17,18,22)/t10-/m1/s1. The van der Waals surface area contributed by atoms with Crippen LogP contribution in [0, 0.1) is 0 Å². The first-order valence-electron chi connectivity index (χ1n) is 6.94. The maximum absolute atomic E-state index is 11.8. The Labute approximate surface area is 139 Å². The number of nitrogens with zero attached hydrogens (tertiary/aromatic N) is 1. The summed E-state index contributed by atoms with van der Waals surface area (Å²) < 4.78 is 0. The van der Waals surface area contributed by atoms with Gasteiger partial charge in [0.05, 0.1) is 17.3 Å². The number of hydrogen-bond donors (Lipinski definition) is 3. The Hall–Kier alpha value is -1.66. The number of amides is 3. The van der Waals surface area contributed by atoms with Crippen LogP contribution in [-0.2, 0) is 4.79 Å². The van der Waals surface area contributed by atoms with Crippen LogP contribution in [0.15, 0.2) is 18.2 Å². The van der Waals surface area contributed by atoms with Gasteiger partial charge in [-0.05, 0) is 24.6 Å². The van der Waals surface area contributed by atoms with Crippen LogP contribution < -0.4 is 20.9 Å². The summed E-state index contributed by atoms with van der Waals surface area (Å²) in [4.78, 5) is 24.9. The molecule has 1 heterocycles. The Balaban J connectivity index is 1.85. The summed E-state index contributed by atoms with van der Waals surface area (Å²) in [6.07, 6.45) is 0.824. The van der Waals surface area contributed by atoms with Crippen LogP contribution in [0.5, 0.6) is 0 Å². The van der Waals surface area contributed by atoms with Crippen LogP contribution in [0.3, 0.4) is 0 Å². The fourth-order valence-corrected chi connectivity index (χ4v) is 2.89. The van der Waals surface area contributed by atoms with E-state index in [2.05, 4.69) is 20.9 Å². The van der Waals surface area contributed by atoms with E-state index in [9.17, 15) is 9.59 Å². The van der Waals surface area contributed by atoms with Gasteiger partial charge in [0.25, 0.3) is 0 Å². The van der Waals surface area contributed by atoms with E-state index < -0.39 is 0 Å². The molecule has 1 aliphatic rings. The molecule has 1 saturated heterocycles. The zero-order chi connectivity index (χ0) is 16.1. The number of hydrogen-bond acceptors (Lipinski definition) is 3. The van der Waals surface area contributed by atoms with Crippen molar-refractivity contribution in [1.29, 1.82) is 0 Å². The largest absolute Gasteiger partial charge is 0.368 e. The van der Waals surface area contributed by atoms with Crippen molar-refractivity contribution in [3.8, 4) is 0 Å². The minimum Gasteiger partial charge on any atom is -0.368 e. The second kappa shape index (κ2) is 7.56. The van der Waals surface area contributed by atoms with Crippen LogP contribution >= 0.6 is 23.2 Å². The maximum atomic E-state index is 11.8. The highest BCUT2D eigenvalue weighted by Gasteiger charge is 2.25. The highest BCUT2D eigenvalue weighted by molar-refractivity contribution is 6.36. The molecule has 0 aliphatic carbocycles. The van der Waals surface area contributed by atoms with E-state index in [-0.39, 0.29) is 24.5 Å². The van der Waals surface area contributed by atoms with Crippen LogP contribution in [0.4, 0.5) is 10.5 Å². The predicted molar refractivity (Wildman–Crippen MR) is 87.7 cm³/mol. The van der Waals surface area contributed by atoms with Crippen LogP contribution in [-0.4, -0.2) is 44.7 Å². The zero-order valence-corrected chi connectivity index (χ0v) is 13.7. The van der Waals surface area contributed by atoms with Crippen LogP contribution in [0.1, 0.15) is 6.42 Å². The van der Waals surface area contributed by atoms with Gasteiger partial charge in [-0.15, -0.1) is 0 Å². The summed E-state index contributed by atoms with van der Waals surface area (Å²) in [6.45, 7) is 1.43. The third-order valence-electron chi connectivity index (χ3n) is 3.44. The molecule has 0 spiro atoms. The molecule has 0 unspecified atom stereocenters. The number of halogens is 2. The molecular weight excluding hydrogens is 327 g/mol. The van der Waals surface area contributed by atoms with E-state index >= 15 is 0 Å². The first-order valence-corrected chi connectivity index (χ1v) is 7.70. The summed E-state index contributed by atoms with van der Waals surface area (Å²) in [5, 5.41) is 8.93. The average molecular weight is 345 g/mol. The molecule has 3 amide bonds. The number of carbonyl (C=O) groups excluding carboxylic acids is 2. The number of rotatable bonds is 4. The monoisotopic (exact) mass is 344 g/mol. The molecule has 1 aromatic rings. The zero-order valence-electron chi connectivity index (χ0n) is 12.2. The molecular formula is C14H18Cl2N4O2. The normalized spacial score (nSPS) is 17.2. The Morgan fingerprint density at radius 3 is 2.82 bits per heavy atom. The van der Waals surface area contributed by atoms with E-state index in [1.807, 2.05) is 6.07 Å². The summed E-state index contributed by atoms with van der Waals surface area (Å²) in [6, 6.07) is 5.03. The fourth-order valence-electron chi connectivity index (χ4n) is 2.36. The van der Waals surface area contributed by atoms with Crippen LogP contribution in [0.2, 0.25) is 10.0 Å². The topological polar surface area (TPSA) is 73.5 Å². The highest BCUT2D eigenvalue weighted by atomic mass is 35.5. The number of carbonyl (C=O) groups is 2. The minimum atomic E-state index is -0.379. The van der Waals surface area contributed by atoms with Gasteiger partial charge in [-0.2, -0.15) is 0 Å². The fraction of sp³-hybridized carbons (Fsp3) is 0.429. The quantitative estimate of drug-likeness (QED) is 0.776. The van der Waals surface area contributed by atoms with Gasteiger partial charge in [0.15, 0.2) is 0 Å². The summed E-state index contributed by atoms with van der Waals surface area (Å²) in [5.41, 5.74) is 0.909. The molecule has 1 fully saturated rings. The van der Waals surface area contributed by atoms with Crippen LogP contribution in [0.25, 0.3) is 0 Å². The van der Waals surface area contributed by atoms with Gasteiger partial charge in [-0.3, -0.25) is 4.79 Å². The molecule has 2 rings (SSSR count). The molecule has 0 saturated carbocycles. The van der Waals surface area contributed by atoms with Gasteiger partial charge in [0.1, 0.15) is 0 Å². The van der Waals surface area contributed by atoms with Crippen molar-refractivity contribution in [3.05, 3.63) is 28.2 Å². The molecule has 0 radical (unpaired) electrons. The lowest BCUT2D eigenvalue weighted by Gasteiger charge is -2.20. The molecule has 3 N–H and O–H groups in total. The predicted octanol–water partition coefficient (Wildman–Crippen LogP) is 1.62. The first-order chi connectivity index (χ1) is 10.5. The van der Waals surface area contributed by atoms with Crippen molar-refractivity contribution in [3.63, 3.8) is 0 Å². The molecule has 0 bridgehead atoms. The Morgan fingerprint density at radius 2 is 2.14 bits per heavy atom. The number of urea groups is 1. The highest BCUT2D eigenvalue weighted by Crippen LogP contribution is 2.30.